The molecule has 0 aromatic heterocycles. The Morgan fingerprint density at radius 3 is 2.25 bits per heavy atom. The van der Waals surface area contributed by atoms with Crippen molar-refractivity contribution in [3.63, 3.8) is 0 Å². The van der Waals surface area contributed by atoms with Gasteiger partial charge in [-0.2, -0.15) is 0 Å². The Kier molecular flexibility index (Phi) is 5.08. The molecule has 0 N–H and O–H groups in total. The van der Waals surface area contributed by atoms with E-state index in [-0.39, 0.29) is 23.0 Å². The highest BCUT2D eigenvalue weighted by molar-refractivity contribution is 5.84. The van der Waals surface area contributed by atoms with Gasteiger partial charge in [0.15, 0.2) is 17.5 Å². The molecule has 0 amide bonds. The van der Waals surface area contributed by atoms with Gasteiger partial charge in [0.2, 0.25) is 0 Å². The lowest BCUT2D eigenvalue weighted by Gasteiger charge is -2.27. The van der Waals surface area contributed by atoms with Crippen LogP contribution < -0.4 is 0 Å². The Bertz CT molecular complexity index is 1070. The van der Waals surface area contributed by atoms with E-state index in [9.17, 15) is 13.2 Å². The Balaban J connectivity index is 1.54. The third-order valence-corrected chi connectivity index (χ3v) is 4.67. The maximum absolute atomic E-state index is 13.8. The molecule has 1 aliphatic rings. The van der Waals surface area contributed by atoms with Crippen LogP contribution in [0.4, 0.5) is 13.2 Å². The minimum atomic E-state index is -1.46. The summed E-state index contributed by atoms with van der Waals surface area (Å²) in [6.45, 7) is 3.07. The lowest BCUT2D eigenvalue weighted by Crippen LogP contribution is -2.28. The van der Waals surface area contributed by atoms with Gasteiger partial charge in [-0.05, 0) is 48.2 Å². The summed E-state index contributed by atoms with van der Waals surface area (Å²) in [6.07, 6.45) is 0.0330. The van der Waals surface area contributed by atoms with Gasteiger partial charge in [-0.15, -0.1) is 0 Å². The van der Waals surface area contributed by atoms with E-state index in [1.165, 1.54) is 12.1 Å². The summed E-state index contributed by atoms with van der Waals surface area (Å²) in [5, 5.41) is 0.292. The molecule has 0 aliphatic carbocycles. The van der Waals surface area contributed by atoms with Gasteiger partial charge in [0.25, 0.3) is 0 Å². The van der Waals surface area contributed by atoms with E-state index in [1.807, 2.05) is 31.2 Å². The normalized spacial score (nSPS) is 19.3. The van der Waals surface area contributed by atoms with Crippen molar-refractivity contribution in [1.29, 1.82) is 0 Å². The van der Waals surface area contributed by atoms with Crippen LogP contribution in [0.5, 0.6) is 0 Å². The van der Waals surface area contributed by atoms with Gasteiger partial charge < -0.3 is 9.47 Å². The highest BCUT2D eigenvalue weighted by Gasteiger charge is 2.20. The molecule has 1 aliphatic heterocycles. The molecule has 4 rings (SSSR count). The molecule has 0 bridgehead atoms. The summed E-state index contributed by atoms with van der Waals surface area (Å²) in [7, 11) is 0. The molecule has 5 heteroatoms. The van der Waals surface area contributed by atoms with Gasteiger partial charge in [-0.1, -0.05) is 30.0 Å². The first-order chi connectivity index (χ1) is 13.5. The van der Waals surface area contributed by atoms with Crippen molar-refractivity contribution in [2.75, 3.05) is 13.2 Å². The highest BCUT2D eigenvalue weighted by Crippen LogP contribution is 2.25. The van der Waals surface area contributed by atoms with Crippen LogP contribution in [-0.4, -0.2) is 19.3 Å². The molecule has 3 aromatic carbocycles. The Morgan fingerprint density at radius 1 is 0.821 bits per heavy atom. The molecule has 1 saturated heterocycles. The Morgan fingerprint density at radius 2 is 1.54 bits per heavy atom. The first-order valence-electron chi connectivity index (χ1n) is 8.93. The fraction of sp³-hybridized carbons (Fsp3) is 0.217. The van der Waals surface area contributed by atoms with E-state index >= 15 is 0 Å². The first-order valence-corrected chi connectivity index (χ1v) is 8.93. The molecule has 0 spiro atoms. The van der Waals surface area contributed by atoms with E-state index in [0.717, 1.165) is 17.2 Å². The average Bonchev–Trinajstić information content (AvgIpc) is 2.71. The molecule has 0 radical (unpaired) electrons. The second kappa shape index (κ2) is 7.67. The molecule has 28 heavy (non-hydrogen) atoms. The van der Waals surface area contributed by atoms with Crippen molar-refractivity contribution in [2.45, 2.75) is 19.1 Å². The number of rotatable bonds is 1. The van der Waals surface area contributed by atoms with Crippen LogP contribution in [0.15, 0.2) is 48.5 Å². The van der Waals surface area contributed by atoms with E-state index in [2.05, 4.69) is 11.8 Å². The SMILES string of the molecule is C[C@@H]1CO[C@@H](c2ccc(C#Cc3ccc4c(F)c(F)c(F)cc4c3)cc2)CO1. The summed E-state index contributed by atoms with van der Waals surface area (Å²) in [5.74, 6) is 2.12. The minimum absolute atomic E-state index is 0.0258. The zero-order chi connectivity index (χ0) is 19.7. The van der Waals surface area contributed by atoms with Crippen LogP contribution in [0.2, 0.25) is 0 Å². The summed E-state index contributed by atoms with van der Waals surface area (Å²) in [6, 6.07) is 13.2. The summed E-state index contributed by atoms with van der Waals surface area (Å²) in [5.41, 5.74) is 2.40. The maximum Gasteiger partial charge on any atom is 0.195 e. The largest absolute Gasteiger partial charge is 0.373 e. The molecular formula is C23H17F3O2. The molecule has 0 unspecified atom stereocenters. The zero-order valence-corrected chi connectivity index (χ0v) is 15.1. The molecule has 1 fully saturated rings. The van der Waals surface area contributed by atoms with E-state index in [0.29, 0.717) is 18.8 Å². The van der Waals surface area contributed by atoms with Crippen molar-refractivity contribution in [1.82, 2.24) is 0 Å². The fourth-order valence-corrected chi connectivity index (χ4v) is 3.10. The first kappa shape index (κ1) is 18.5. The lowest BCUT2D eigenvalue weighted by molar-refractivity contribution is -0.128. The number of hydrogen-bond acceptors (Lipinski definition) is 2. The molecule has 2 atom stereocenters. The smallest absolute Gasteiger partial charge is 0.195 e. The van der Waals surface area contributed by atoms with Gasteiger partial charge in [-0.25, -0.2) is 13.2 Å². The van der Waals surface area contributed by atoms with Gasteiger partial charge in [0.05, 0.1) is 19.3 Å². The van der Waals surface area contributed by atoms with Crippen molar-refractivity contribution < 1.29 is 22.6 Å². The van der Waals surface area contributed by atoms with E-state index in [4.69, 9.17) is 9.47 Å². The molecule has 142 valence electrons. The standard InChI is InChI=1S/C23H17F3O2/c1-14-12-28-21(13-27-14)17-7-4-15(5-8-17)2-3-16-6-9-19-18(10-16)11-20(24)23(26)22(19)25/h4-11,14,21H,12-13H2,1H3/t14-,21-/m1/s1. The van der Waals surface area contributed by atoms with Gasteiger partial charge in [0, 0.05) is 16.5 Å². The average molecular weight is 382 g/mol. The van der Waals surface area contributed by atoms with Crippen LogP contribution in [-0.2, 0) is 9.47 Å². The third-order valence-electron chi connectivity index (χ3n) is 4.67. The van der Waals surface area contributed by atoms with Crippen molar-refractivity contribution in [3.8, 4) is 11.8 Å². The quantitative estimate of drug-likeness (QED) is 0.429. The van der Waals surface area contributed by atoms with Gasteiger partial charge in [-0.3, -0.25) is 0 Å². The second-order valence-electron chi connectivity index (χ2n) is 6.76. The second-order valence-corrected chi connectivity index (χ2v) is 6.76. The summed E-state index contributed by atoms with van der Waals surface area (Å²) < 4.78 is 51.9. The molecule has 2 nitrogen and oxygen atoms in total. The zero-order valence-electron chi connectivity index (χ0n) is 15.1. The number of ether oxygens (including phenoxy) is 2. The topological polar surface area (TPSA) is 18.5 Å². The Hall–Kier alpha value is -2.81. The van der Waals surface area contributed by atoms with Crippen LogP contribution in [0, 0.1) is 29.3 Å². The number of halogens is 3. The molecular weight excluding hydrogens is 365 g/mol. The predicted molar refractivity (Wildman–Crippen MR) is 100 cm³/mol. The van der Waals surface area contributed by atoms with Crippen molar-refractivity contribution in [3.05, 3.63) is 82.7 Å². The monoisotopic (exact) mass is 382 g/mol. The van der Waals surface area contributed by atoms with Crippen LogP contribution >= 0.6 is 0 Å². The van der Waals surface area contributed by atoms with Crippen LogP contribution in [0.25, 0.3) is 10.8 Å². The van der Waals surface area contributed by atoms with E-state index < -0.39 is 17.5 Å². The number of fused-ring (bicyclic) bond motifs is 1. The van der Waals surface area contributed by atoms with Gasteiger partial charge in [0.1, 0.15) is 6.10 Å². The number of hydrogen-bond donors (Lipinski definition) is 0. The summed E-state index contributed by atoms with van der Waals surface area (Å²) >= 11 is 0. The van der Waals surface area contributed by atoms with Crippen molar-refractivity contribution in [2.24, 2.45) is 0 Å². The van der Waals surface area contributed by atoms with Gasteiger partial charge >= 0.3 is 0 Å². The van der Waals surface area contributed by atoms with Crippen LogP contribution in [0.3, 0.4) is 0 Å². The highest BCUT2D eigenvalue weighted by atomic mass is 19.2. The van der Waals surface area contributed by atoms with E-state index in [1.54, 1.807) is 6.07 Å². The molecule has 0 saturated carbocycles. The third kappa shape index (κ3) is 3.75. The van der Waals surface area contributed by atoms with Crippen molar-refractivity contribution >= 4 is 10.8 Å². The fourth-order valence-electron chi connectivity index (χ4n) is 3.10. The lowest BCUT2D eigenvalue weighted by atomic mass is 10.0. The minimum Gasteiger partial charge on any atom is -0.373 e. The maximum atomic E-state index is 13.8. The molecule has 1 heterocycles. The Labute approximate surface area is 160 Å². The predicted octanol–water partition coefficient (Wildman–Crippen LogP) is 5.13. The molecule has 3 aromatic rings. The summed E-state index contributed by atoms with van der Waals surface area (Å²) in [4.78, 5) is 0. The number of benzene rings is 3. The van der Waals surface area contributed by atoms with Crippen LogP contribution in [0.1, 0.15) is 29.7 Å².